The summed E-state index contributed by atoms with van der Waals surface area (Å²) >= 11 is 0. The van der Waals surface area contributed by atoms with Gasteiger partial charge in [0.15, 0.2) is 5.78 Å². The third kappa shape index (κ3) is 7.75. The zero-order valence-corrected chi connectivity index (χ0v) is 15.6. The fourth-order valence-electron chi connectivity index (χ4n) is 3.38. The van der Waals surface area contributed by atoms with Crippen molar-refractivity contribution >= 4 is 17.5 Å². The molecule has 0 spiro atoms. The van der Waals surface area contributed by atoms with Gasteiger partial charge in [-0.15, -0.1) is 0 Å². The van der Waals surface area contributed by atoms with E-state index in [1.54, 1.807) is 6.08 Å². The SMILES string of the molecule is CCCCC(F)(F)C(=O)CCC1C=CC(=O)C1CCCCCCC(N)=O. The second-order valence-corrected chi connectivity index (χ2v) is 7.22. The molecule has 0 aromatic rings. The molecule has 1 aliphatic rings. The number of carbonyl (C=O) groups is 3. The summed E-state index contributed by atoms with van der Waals surface area (Å²) in [5, 5.41) is 0. The van der Waals surface area contributed by atoms with Crippen molar-refractivity contribution < 1.29 is 23.2 Å². The van der Waals surface area contributed by atoms with E-state index in [9.17, 15) is 23.2 Å². The van der Waals surface area contributed by atoms with E-state index in [-0.39, 0.29) is 29.9 Å². The van der Waals surface area contributed by atoms with Gasteiger partial charge < -0.3 is 5.73 Å². The number of alkyl halides is 2. The van der Waals surface area contributed by atoms with E-state index in [2.05, 4.69) is 0 Å². The summed E-state index contributed by atoms with van der Waals surface area (Å²) in [7, 11) is 0. The predicted molar refractivity (Wildman–Crippen MR) is 96.7 cm³/mol. The molecule has 0 aromatic carbocycles. The zero-order valence-electron chi connectivity index (χ0n) is 15.6. The standard InChI is InChI=1S/C20H31F2NO3/c1-2-3-14-20(21,22)18(25)13-11-15-10-12-17(24)16(15)8-6-4-5-7-9-19(23)26/h10,12,15-16H,2-9,11,13-14H2,1H3,(H2,23,26). The molecule has 0 saturated carbocycles. The lowest BCUT2D eigenvalue weighted by molar-refractivity contribution is -0.144. The molecule has 148 valence electrons. The molecular formula is C20H31F2NO3. The van der Waals surface area contributed by atoms with Crippen LogP contribution in [-0.4, -0.2) is 23.4 Å². The van der Waals surface area contributed by atoms with Crippen molar-refractivity contribution in [1.29, 1.82) is 0 Å². The fourth-order valence-corrected chi connectivity index (χ4v) is 3.38. The largest absolute Gasteiger partial charge is 0.370 e. The van der Waals surface area contributed by atoms with Gasteiger partial charge in [0.1, 0.15) is 0 Å². The van der Waals surface area contributed by atoms with Gasteiger partial charge in [0.05, 0.1) is 0 Å². The molecule has 1 aliphatic carbocycles. The number of ketones is 2. The van der Waals surface area contributed by atoms with Crippen LogP contribution in [0.2, 0.25) is 0 Å². The number of primary amides is 1. The van der Waals surface area contributed by atoms with Gasteiger partial charge in [0, 0.05) is 25.2 Å². The highest BCUT2D eigenvalue weighted by molar-refractivity contribution is 5.94. The summed E-state index contributed by atoms with van der Waals surface area (Å²) in [5.74, 6) is -4.87. The molecule has 1 amide bonds. The van der Waals surface area contributed by atoms with E-state index < -0.39 is 18.1 Å². The van der Waals surface area contributed by atoms with Crippen LogP contribution in [-0.2, 0) is 14.4 Å². The fraction of sp³-hybridized carbons (Fsp3) is 0.750. The molecule has 6 heteroatoms. The van der Waals surface area contributed by atoms with Crippen molar-refractivity contribution in [3.05, 3.63) is 12.2 Å². The van der Waals surface area contributed by atoms with Crippen LogP contribution in [0.25, 0.3) is 0 Å². The van der Waals surface area contributed by atoms with Crippen LogP contribution >= 0.6 is 0 Å². The van der Waals surface area contributed by atoms with Crippen molar-refractivity contribution in [2.24, 2.45) is 17.6 Å². The first-order chi connectivity index (χ1) is 12.3. The molecule has 2 N–H and O–H groups in total. The van der Waals surface area contributed by atoms with Gasteiger partial charge in [0.2, 0.25) is 11.7 Å². The summed E-state index contributed by atoms with van der Waals surface area (Å²) in [4.78, 5) is 34.5. The number of hydrogen-bond acceptors (Lipinski definition) is 3. The number of rotatable bonds is 14. The van der Waals surface area contributed by atoms with Crippen molar-refractivity contribution in [1.82, 2.24) is 0 Å². The predicted octanol–water partition coefficient (Wildman–Crippen LogP) is 4.36. The summed E-state index contributed by atoms with van der Waals surface area (Å²) in [6.07, 6.45) is 8.39. The average molecular weight is 371 g/mol. The van der Waals surface area contributed by atoms with Crippen LogP contribution in [0.5, 0.6) is 0 Å². The number of amides is 1. The van der Waals surface area contributed by atoms with Gasteiger partial charge in [-0.05, 0) is 37.7 Å². The molecule has 0 fully saturated rings. The highest BCUT2D eigenvalue weighted by Gasteiger charge is 2.38. The van der Waals surface area contributed by atoms with Crippen LogP contribution in [0.1, 0.15) is 77.6 Å². The summed E-state index contributed by atoms with van der Waals surface area (Å²) in [6, 6.07) is 0. The molecule has 0 heterocycles. The van der Waals surface area contributed by atoms with Gasteiger partial charge in [-0.25, -0.2) is 0 Å². The Bertz CT molecular complexity index is 517. The van der Waals surface area contributed by atoms with Crippen molar-refractivity contribution in [2.75, 3.05) is 0 Å². The number of unbranched alkanes of at least 4 members (excludes halogenated alkanes) is 4. The van der Waals surface area contributed by atoms with E-state index in [0.29, 0.717) is 32.1 Å². The third-order valence-corrected chi connectivity index (χ3v) is 5.04. The van der Waals surface area contributed by atoms with E-state index in [1.165, 1.54) is 6.08 Å². The third-order valence-electron chi connectivity index (χ3n) is 5.04. The molecule has 26 heavy (non-hydrogen) atoms. The number of Topliss-reactive ketones (excluding diaryl/α,β-unsaturated/α-hetero) is 1. The lowest BCUT2D eigenvalue weighted by Crippen LogP contribution is -2.29. The normalized spacial score (nSPS) is 19.9. The van der Waals surface area contributed by atoms with Crippen molar-refractivity contribution in [3.63, 3.8) is 0 Å². The molecule has 0 radical (unpaired) electrons. The van der Waals surface area contributed by atoms with Crippen molar-refractivity contribution in [3.8, 4) is 0 Å². The minimum Gasteiger partial charge on any atom is -0.370 e. The first-order valence-corrected chi connectivity index (χ1v) is 9.69. The molecule has 0 bridgehead atoms. The maximum Gasteiger partial charge on any atom is 0.305 e. The molecule has 4 nitrogen and oxygen atoms in total. The average Bonchev–Trinajstić information content (AvgIpc) is 2.93. The first kappa shape index (κ1) is 22.5. The molecule has 2 unspecified atom stereocenters. The van der Waals surface area contributed by atoms with Crippen LogP contribution < -0.4 is 5.73 Å². The molecule has 1 rings (SSSR count). The lowest BCUT2D eigenvalue weighted by atomic mass is 9.85. The Hall–Kier alpha value is -1.59. The van der Waals surface area contributed by atoms with Crippen LogP contribution in [0, 0.1) is 11.8 Å². The molecule has 0 aliphatic heterocycles. The number of nitrogens with two attached hydrogens (primary N) is 1. The Labute approximate surface area is 154 Å². The highest BCUT2D eigenvalue weighted by Crippen LogP contribution is 2.33. The minimum absolute atomic E-state index is 0.0253. The van der Waals surface area contributed by atoms with Gasteiger partial charge >= 0.3 is 5.92 Å². The highest BCUT2D eigenvalue weighted by atomic mass is 19.3. The van der Waals surface area contributed by atoms with Crippen LogP contribution in [0.15, 0.2) is 12.2 Å². The Morgan fingerprint density at radius 2 is 1.77 bits per heavy atom. The second kappa shape index (κ2) is 11.2. The first-order valence-electron chi connectivity index (χ1n) is 9.69. The Morgan fingerprint density at radius 1 is 1.08 bits per heavy atom. The molecule has 0 aromatic heterocycles. The smallest absolute Gasteiger partial charge is 0.305 e. The molecule has 0 saturated heterocycles. The Balaban J connectivity index is 2.36. The Morgan fingerprint density at radius 3 is 2.42 bits per heavy atom. The summed E-state index contributed by atoms with van der Waals surface area (Å²) < 4.78 is 27.5. The molecule has 2 atom stereocenters. The maximum absolute atomic E-state index is 13.8. The Kier molecular flexibility index (Phi) is 9.66. The monoisotopic (exact) mass is 371 g/mol. The molecular weight excluding hydrogens is 340 g/mol. The number of halogens is 2. The summed E-state index contributed by atoms with van der Waals surface area (Å²) in [5.41, 5.74) is 5.09. The maximum atomic E-state index is 13.8. The van der Waals surface area contributed by atoms with E-state index >= 15 is 0 Å². The number of allylic oxidation sites excluding steroid dienone is 2. The number of hydrogen-bond donors (Lipinski definition) is 1. The van der Waals surface area contributed by atoms with Crippen LogP contribution in [0.3, 0.4) is 0 Å². The van der Waals surface area contributed by atoms with Crippen molar-refractivity contribution in [2.45, 2.75) is 83.5 Å². The zero-order chi connectivity index (χ0) is 19.6. The van der Waals surface area contributed by atoms with Gasteiger partial charge in [-0.3, -0.25) is 14.4 Å². The topological polar surface area (TPSA) is 77.2 Å². The lowest BCUT2D eigenvalue weighted by Gasteiger charge is -2.19. The van der Waals surface area contributed by atoms with Gasteiger partial charge in [0.25, 0.3) is 0 Å². The van der Waals surface area contributed by atoms with Gasteiger partial charge in [-0.1, -0.05) is 38.7 Å². The van der Waals surface area contributed by atoms with E-state index in [4.69, 9.17) is 5.73 Å². The minimum atomic E-state index is -3.25. The van der Waals surface area contributed by atoms with Gasteiger partial charge in [-0.2, -0.15) is 8.78 Å². The van der Waals surface area contributed by atoms with Crippen LogP contribution in [0.4, 0.5) is 8.78 Å². The summed E-state index contributed by atoms with van der Waals surface area (Å²) in [6.45, 7) is 1.81. The second-order valence-electron chi connectivity index (χ2n) is 7.22. The number of carbonyl (C=O) groups excluding carboxylic acids is 3. The van der Waals surface area contributed by atoms with E-state index in [1.807, 2.05) is 6.92 Å². The van der Waals surface area contributed by atoms with E-state index in [0.717, 1.165) is 25.7 Å². The quantitative estimate of drug-likeness (QED) is 0.461.